The molecule has 1 rings (SSSR count). The molecule has 1 aromatic rings. The van der Waals surface area contributed by atoms with Gasteiger partial charge >= 0.3 is 0 Å². The SMILES string of the molecule is CC#CCCc1cc(F)ccc1OC. The van der Waals surface area contributed by atoms with E-state index in [1.807, 2.05) is 0 Å². The highest BCUT2D eigenvalue weighted by atomic mass is 19.1. The van der Waals surface area contributed by atoms with Gasteiger partial charge in [0.25, 0.3) is 0 Å². The number of rotatable bonds is 3. The maximum Gasteiger partial charge on any atom is 0.123 e. The molecule has 1 nitrogen and oxygen atoms in total. The summed E-state index contributed by atoms with van der Waals surface area (Å²) >= 11 is 0. The highest BCUT2D eigenvalue weighted by Gasteiger charge is 2.03. The zero-order valence-electron chi connectivity index (χ0n) is 8.43. The summed E-state index contributed by atoms with van der Waals surface area (Å²) in [6.07, 6.45) is 1.46. The number of hydrogen-bond acceptors (Lipinski definition) is 1. The van der Waals surface area contributed by atoms with Gasteiger partial charge in [-0.05, 0) is 37.1 Å². The van der Waals surface area contributed by atoms with Crippen LogP contribution in [0.4, 0.5) is 4.39 Å². The van der Waals surface area contributed by atoms with Crippen molar-refractivity contribution >= 4 is 0 Å². The number of benzene rings is 1. The Morgan fingerprint density at radius 2 is 2.21 bits per heavy atom. The van der Waals surface area contributed by atoms with Crippen molar-refractivity contribution in [3.8, 4) is 17.6 Å². The van der Waals surface area contributed by atoms with E-state index >= 15 is 0 Å². The first-order valence-corrected chi connectivity index (χ1v) is 4.50. The van der Waals surface area contributed by atoms with Crippen LogP contribution in [0.2, 0.25) is 0 Å². The minimum absolute atomic E-state index is 0.231. The van der Waals surface area contributed by atoms with E-state index in [0.717, 1.165) is 24.2 Å². The Bertz CT molecular complexity index is 360. The number of aryl methyl sites for hydroxylation is 1. The van der Waals surface area contributed by atoms with Gasteiger partial charge in [0.15, 0.2) is 0 Å². The summed E-state index contributed by atoms with van der Waals surface area (Å²) in [5, 5.41) is 0. The van der Waals surface area contributed by atoms with Crippen LogP contribution in [0.15, 0.2) is 18.2 Å². The minimum Gasteiger partial charge on any atom is -0.496 e. The van der Waals surface area contributed by atoms with Gasteiger partial charge in [-0.25, -0.2) is 4.39 Å². The molecule has 74 valence electrons. The molecule has 0 heterocycles. The maximum atomic E-state index is 12.9. The molecule has 0 N–H and O–H groups in total. The Balaban J connectivity index is 2.80. The largest absolute Gasteiger partial charge is 0.496 e. The molecule has 0 bridgehead atoms. The highest BCUT2D eigenvalue weighted by Crippen LogP contribution is 2.20. The molecule has 0 saturated carbocycles. The molecule has 1 aromatic carbocycles. The first-order valence-electron chi connectivity index (χ1n) is 4.50. The van der Waals surface area contributed by atoms with E-state index in [-0.39, 0.29) is 5.82 Å². The molecular weight excluding hydrogens is 179 g/mol. The normalized spacial score (nSPS) is 9.07. The van der Waals surface area contributed by atoms with E-state index in [4.69, 9.17) is 4.74 Å². The second-order valence-corrected chi connectivity index (χ2v) is 2.88. The lowest BCUT2D eigenvalue weighted by molar-refractivity contribution is 0.408. The van der Waals surface area contributed by atoms with Crippen molar-refractivity contribution in [3.63, 3.8) is 0 Å². The lowest BCUT2D eigenvalue weighted by Crippen LogP contribution is -1.92. The van der Waals surface area contributed by atoms with Crippen molar-refractivity contribution in [2.75, 3.05) is 7.11 Å². The predicted molar refractivity (Wildman–Crippen MR) is 54.7 cm³/mol. The van der Waals surface area contributed by atoms with Gasteiger partial charge < -0.3 is 4.74 Å². The van der Waals surface area contributed by atoms with E-state index in [2.05, 4.69) is 11.8 Å². The van der Waals surface area contributed by atoms with Crippen LogP contribution in [0, 0.1) is 17.7 Å². The molecule has 0 spiro atoms. The van der Waals surface area contributed by atoms with Crippen LogP contribution >= 0.6 is 0 Å². The smallest absolute Gasteiger partial charge is 0.123 e. The number of methoxy groups -OCH3 is 1. The molecule has 0 amide bonds. The van der Waals surface area contributed by atoms with Crippen molar-refractivity contribution in [1.29, 1.82) is 0 Å². The molecule has 14 heavy (non-hydrogen) atoms. The summed E-state index contributed by atoms with van der Waals surface area (Å²) in [6, 6.07) is 4.54. The van der Waals surface area contributed by atoms with E-state index < -0.39 is 0 Å². The summed E-state index contributed by atoms with van der Waals surface area (Å²) in [5.74, 6) is 6.24. The molecule has 0 radical (unpaired) electrons. The Morgan fingerprint density at radius 3 is 2.86 bits per heavy atom. The summed E-state index contributed by atoms with van der Waals surface area (Å²) < 4.78 is 18.0. The average Bonchev–Trinajstić information content (AvgIpc) is 2.19. The highest BCUT2D eigenvalue weighted by molar-refractivity contribution is 5.34. The van der Waals surface area contributed by atoms with E-state index in [9.17, 15) is 4.39 Å². The third-order valence-electron chi connectivity index (χ3n) is 1.94. The van der Waals surface area contributed by atoms with Gasteiger partial charge in [0.05, 0.1) is 7.11 Å². The molecule has 2 heteroatoms. The lowest BCUT2D eigenvalue weighted by atomic mass is 10.1. The van der Waals surface area contributed by atoms with Crippen molar-refractivity contribution in [1.82, 2.24) is 0 Å². The van der Waals surface area contributed by atoms with Crippen molar-refractivity contribution < 1.29 is 9.13 Å². The zero-order chi connectivity index (χ0) is 10.4. The van der Waals surface area contributed by atoms with E-state index in [1.54, 1.807) is 20.1 Å². The maximum absolute atomic E-state index is 12.9. The van der Waals surface area contributed by atoms with Crippen LogP contribution in [-0.2, 0) is 6.42 Å². The number of hydrogen-bond donors (Lipinski definition) is 0. The van der Waals surface area contributed by atoms with Crippen LogP contribution < -0.4 is 4.74 Å². The van der Waals surface area contributed by atoms with Gasteiger partial charge in [-0.3, -0.25) is 0 Å². The zero-order valence-corrected chi connectivity index (χ0v) is 8.43. The molecular formula is C12H13FO. The summed E-state index contributed by atoms with van der Waals surface area (Å²) in [4.78, 5) is 0. The van der Waals surface area contributed by atoms with Gasteiger partial charge in [0.1, 0.15) is 11.6 Å². The van der Waals surface area contributed by atoms with Gasteiger partial charge in [0.2, 0.25) is 0 Å². The van der Waals surface area contributed by atoms with Gasteiger partial charge in [-0.15, -0.1) is 11.8 Å². The Labute approximate surface area is 83.9 Å². The van der Waals surface area contributed by atoms with Crippen LogP contribution in [0.25, 0.3) is 0 Å². The molecule has 0 atom stereocenters. The molecule has 0 aliphatic carbocycles. The van der Waals surface area contributed by atoms with Crippen LogP contribution in [0.1, 0.15) is 18.9 Å². The Morgan fingerprint density at radius 1 is 1.43 bits per heavy atom. The standard InChI is InChI=1S/C12H13FO/c1-3-4-5-6-10-9-11(13)7-8-12(10)14-2/h7-9H,5-6H2,1-2H3. The molecule has 0 unspecified atom stereocenters. The molecule has 0 aliphatic rings. The van der Waals surface area contributed by atoms with E-state index in [0.29, 0.717) is 0 Å². The molecule has 0 aromatic heterocycles. The fourth-order valence-electron chi connectivity index (χ4n) is 1.26. The fraction of sp³-hybridized carbons (Fsp3) is 0.333. The third kappa shape index (κ3) is 2.77. The average molecular weight is 192 g/mol. The van der Waals surface area contributed by atoms with Crippen molar-refractivity contribution in [3.05, 3.63) is 29.6 Å². The van der Waals surface area contributed by atoms with Crippen LogP contribution in [0.5, 0.6) is 5.75 Å². The summed E-state index contributed by atoms with van der Waals surface area (Å²) in [5.41, 5.74) is 0.871. The molecule has 0 aliphatic heterocycles. The summed E-state index contributed by atoms with van der Waals surface area (Å²) in [7, 11) is 1.59. The van der Waals surface area contributed by atoms with Gasteiger partial charge in [0, 0.05) is 6.42 Å². The van der Waals surface area contributed by atoms with Gasteiger partial charge in [-0.1, -0.05) is 0 Å². The first kappa shape index (κ1) is 10.6. The second-order valence-electron chi connectivity index (χ2n) is 2.88. The molecule has 0 saturated heterocycles. The van der Waals surface area contributed by atoms with Crippen LogP contribution in [0.3, 0.4) is 0 Å². The van der Waals surface area contributed by atoms with E-state index in [1.165, 1.54) is 12.1 Å². The lowest BCUT2D eigenvalue weighted by Gasteiger charge is -2.06. The minimum atomic E-state index is -0.231. The quantitative estimate of drug-likeness (QED) is 0.669. The topological polar surface area (TPSA) is 9.23 Å². The van der Waals surface area contributed by atoms with Crippen molar-refractivity contribution in [2.24, 2.45) is 0 Å². The Kier molecular flexibility index (Phi) is 4.00. The number of halogens is 1. The van der Waals surface area contributed by atoms with Crippen molar-refractivity contribution in [2.45, 2.75) is 19.8 Å². The predicted octanol–water partition coefficient (Wildman–Crippen LogP) is 2.79. The van der Waals surface area contributed by atoms with Crippen LogP contribution in [-0.4, -0.2) is 7.11 Å². The van der Waals surface area contributed by atoms with Gasteiger partial charge in [-0.2, -0.15) is 0 Å². The monoisotopic (exact) mass is 192 g/mol. The first-order chi connectivity index (χ1) is 6.77. The second kappa shape index (κ2) is 5.29. The number of ether oxygens (including phenoxy) is 1. The molecule has 0 fully saturated rings. The third-order valence-corrected chi connectivity index (χ3v) is 1.94. The summed E-state index contributed by atoms with van der Waals surface area (Å²) in [6.45, 7) is 1.79. The fourth-order valence-corrected chi connectivity index (χ4v) is 1.26. The Hall–Kier alpha value is -1.49.